The van der Waals surface area contributed by atoms with Crippen molar-refractivity contribution in [2.75, 3.05) is 19.6 Å². The first-order chi connectivity index (χ1) is 12.6. The van der Waals surface area contributed by atoms with E-state index in [0.717, 1.165) is 28.9 Å². The van der Waals surface area contributed by atoms with Crippen LogP contribution in [0.1, 0.15) is 49.6 Å². The van der Waals surface area contributed by atoms with E-state index >= 15 is 0 Å². The van der Waals surface area contributed by atoms with E-state index in [0.29, 0.717) is 6.54 Å². The summed E-state index contributed by atoms with van der Waals surface area (Å²) in [6, 6.07) is 11.7. The van der Waals surface area contributed by atoms with Crippen molar-refractivity contribution in [3.05, 3.63) is 58.5 Å². The van der Waals surface area contributed by atoms with Gasteiger partial charge in [-0.3, -0.25) is 4.90 Å². The summed E-state index contributed by atoms with van der Waals surface area (Å²) in [5, 5.41) is 6.02. The van der Waals surface area contributed by atoms with E-state index in [1.807, 2.05) is 43.3 Å². The maximum absolute atomic E-state index is 12.4. The molecule has 2 N–H and O–H groups in total. The molecule has 1 aromatic heterocycles. The highest BCUT2D eigenvalue weighted by molar-refractivity contribution is 9.10. The molecule has 0 saturated carbocycles. The summed E-state index contributed by atoms with van der Waals surface area (Å²) in [4.78, 5) is 14.8. The van der Waals surface area contributed by atoms with Gasteiger partial charge in [0.2, 0.25) is 0 Å². The second-order valence-electron chi connectivity index (χ2n) is 6.76. The van der Waals surface area contributed by atoms with Crippen LogP contribution in [0.3, 0.4) is 0 Å². The standard InChI is InChI=1S/C20H26BrN3O2/c1-15(16-7-9-17(21)10-8-16)23-20(25)22-14-18(19-6-5-13-26-19)24-11-3-2-4-12-24/h5-10,13,15,18H,2-4,11-12,14H2,1H3,(H2,22,23,25). The Morgan fingerprint density at radius 1 is 1.19 bits per heavy atom. The summed E-state index contributed by atoms with van der Waals surface area (Å²) in [6.45, 7) is 4.61. The maximum Gasteiger partial charge on any atom is 0.315 e. The topological polar surface area (TPSA) is 57.5 Å². The molecule has 1 saturated heterocycles. The van der Waals surface area contributed by atoms with Crippen molar-refractivity contribution in [1.82, 2.24) is 15.5 Å². The molecule has 2 amide bonds. The molecular formula is C20H26BrN3O2. The van der Waals surface area contributed by atoms with Gasteiger partial charge in [-0.2, -0.15) is 0 Å². The quantitative estimate of drug-likeness (QED) is 0.717. The fourth-order valence-corrected chi connectivity index (χ4v) is 3.66. The van der Waals surface area contributed by atoms with Gasteiger partial charge in [0.1, 0.15) is 5.76 Å². The number of furan rings is 1. The molecule has 1 aliphatic heterocycles. The number of likely N-dealkylation sites (tertiary alicyclic amines) is 1. The Bertz CT molecular complexity index is 682. The van der Waals surface area contributed by atoms with Crippen LogP contribution >= 0.6 is 15.9 Å². The zero-order valence-electron chi connectivity index (χ0n) is 15.1. The molecule has 6 heteroatoms. The predicted octanol–water partition coefficient (Wildman–Crippen LogP) is 4.63. The van der Waals surface area contributed by atoms with Gasteiger partial charge < -0.3 is 15.1 Å². The number of urea groups is 1. The summed E-state index contributed by atoms with van der Waals surface area (Å²) in [7, 11) is 0. The third-order valence-electron chi connectivity index (χ3n) is 4.88. The number of carbonyl (C=O) groups is 1. The van der Waals surface area contributed by atoms with Crippen LogP contribution in [0.4, 0.5) is 4.79 Å². The lowest BCUT2D eigenvalue weighted by molar-refractivity contribution is 0.143. The first kappa shape index (κ1) is 19.0. The minimum absolute atomic E-state index is 0.0554. The molecule has 0 radical (unpaired) electrons. The summed E-state index contributed by atoms with van der Waals surface area (Å²) < 4.78 is 6.65. The third kappa shape index (κ3) is 5.11. The molecule has 2 unspecified atom stereocenters. The second kappa shape index (κ2) is 9.24. The van der Waals surface area contributed by atoms with Crippen LogP contribution in [0.25, 0.3) is 0 Å². The fourth-order valence-electron chi connectivity index (χ4n) is 3.39. The lowest BCUT2D eigenvalue weighted by atomic mass is 10.1. The largest absolute Gasteiger partial charge is 0.468 e. The Hall–Kier alpha value is -1.79. The molecule has 0 aliphatic carbocycles. The van der Waals surface area contributed by atoms with Gasteiger partial charge in [-0.15, -0.1) is 0 Å². The van der Waals surface area contributed by atoms with E-state index in [-0.39, 0.29) is 18.1 Å². The molecule has 3 rings (SSSR count). The summed E-state index contributed by atoms with van der Waals surface area (Å²) >= 11 is 3.43. The molecule has 0 spiro atoms. The van der Waals surface area contributed by atoms with Crippen LogP contribution in [0.2, 0.25) is 0 Å². The maximum atomic E-state index is 12.4. The van der Waals surface area contributed by atoms with Crippen LogP contribution in [-0.2, 0) is 0 Å². The van der Waals surface area contributed by atoms with Gasteiger partial charge in [0, 0.05) is 11.0 Å². The summed E-state index contributed by atoms with van der Waals surface area (Å²) in [5.41, 5.74) is 1.07. The highest BCUT2D eigenvalue weighted by atomic mass is 79.9. The number of nitrogens with zero attached hydrogens (tertiary/aromatic N) is 1. The molecule has 140 valence electrons. The Labute approximate surface area is 163 Å². The van der Waals surface area contributed by atoms with Gasteiger partial charge in [0.05, 0.1) is 18.3 Å². The van der Waals surface area contributed by atoms with Crippen molar-refractivity contribution in [2.45, 2.75) is 38.3 Å². The minimum atomic E-state index is -0.158. The predicted molar refractivity (Wildman–Crippen MR) is 106 cm³/mol. The van der Waals surface area contributed by atoms with Gasteiger partial charge in [-0.25, -0.2) is 4.79 Å². The van der Waals surface area contributed by atoms with E-state index in [4.69, 9.17) is 4.42 Å². The normalized spacial score (nSPS) is 17.5. The molecule has 5 nitrogen and oxygen atoms in total. The number of piperidine rings is 1. The van der Waals surface area contributed by atoms with Gasteiger partial charge in [0.25, 0.3) is 0 Å². The van der Waals surface area contributed by atoms with Crippen molar-refractivity contribution >= 4 is 22.0 Å². The highest BCUT2D eigenvalue weighted by Gasteiger charge is 2.25. The lowest BCUT2D eigenvalue weighted by Gasteiger charge is -2.33. The van der Waals surface area contributed by atoms with Gasteiger partial charge in [-0.1, -0.05) is 34.5 Å². The van der Waals surface area contributed by atoms with Crippen molar-refractivity contribution in [2.24, 2.45) is 0 Å². The number of rotatable bonds is 6. The number of amides is 2. The second-order valence-corrected chi connectivity index (χ2v) is 7.67. The number of hydrogen-bond donors (Lipinski definition) is 2. The van der Waals surface area contributed by atoms with Gasteiger partial charge in [0.15, 0.2) is 0 Å². The Balaban J connectivity index is 1.56. The SMILES string of the molecule is CC(NC(=O)NCC(c1ccco1)N1CCCCC1)c1ccc(Br)cc1. The molecule has 0 bridgehead atoms. The van der Waals surface area contributed by atoms with Crippen LogP contribution in [0.5, 0.6) is 0 Å². The average molecular weight is 420 g/mol. The van der Waals surface area contributed by atoms with Crippen LogP contribution in [-0.4, -0.2) is 30.6 Å². The molecule has 2 heterocycles. The van der Waals surface area contributed by atoms with Crippen molar-refractivity contribution in [1.29, 1.82) is 0 Å². The lowest BCUT2D eigenvalue weighted by Crippen LogP contribution is -2.44. The molecule has 1 aliphatic rings. The average Bonchev–Trinajstić information content (AvgIpc) is 3.17. The minimum Gasteiger partial charge on any atom is -0.468 e. The summed E-state index contributed by atoms with van der Waals surface area (Å²) in [6.07, 6.45) is 5.37. The van der Waals surface area contributed by atoms with Gasteiger partial charge in [-0.05, 0) is 62.7 Å². The number of hydrogen-bond acceptors (Lipinski definition) is 3. The van der Waals surface area contributed by atoms with Crippen molar-refractivity contribution in [3.63, 3.8) is 0 Å². The monoisotopic (exact) mass is 419 g/mol. The Morgan fingerprint density at radius 3 is 2.58 bits per heavy atom. The van der Waals surface area contributed by atoms with E-state index in [1.165, 1.54) is 19.3 Å². The van der Waals surface area contributed by atoms with E-state index < -0.39 is 0 Å². The zero-order valence-corrected chi connectivity index (χ0v) is 16.7. The number of halogens is 1. The Morgan fingerprint density at radius 2 is 1.92 bits per heavy atom. The number of carbonyl (C=O) groups excluding carboxylic acids is 1. The Kier molecular flexibility index (Phi) is 6.74. The highest BCUT2D eigenvalue weighted by Crippen LogP contribution is 2.24. The van der Waals surface area contributed by atoms with E-state index in [9.17, 15) is 4.79 Å². The molecule has 2 aromatic rings. The fraction of sp³-hybridized carbons (Fsp3) is 0.450. The molecule has 2 atom stereocenters. The number of benzene rings is 1. The van der Waals surface area contributed by atoms with Crippen LogP contribution in [0, 0.1) is 0 Å². The number of nitrogens with one attached hydrogen (secondary N) is 2. The first-order valence-electron chi connectivity index (χ1n) is 9.21. The zero-order chi connectivity index (χ0) is 18.4. The van der Waals surface area contributed by atoms with E-state index in [2.05, 4.69) is 31.5 Å². The molecule has 1 fully saturated rings. The van der Waals surface area contributed by atoms with Crippen LogP contribution < -0.4 is 10.6 Å². The van der Waals surface area contributed by atoms with Crippen molar-refractivity contribution in [3.8, 4) is 0 Å². The smallest absolute Gasteiger partial charge is 0.315 e. The van der Waals surface area contributed by atoms with Crippen LogP contribution in [0.15, 0.2) is 51.6 Å². The first-order valence-corrected chi connectivity index (χ1v) is 10.00. The third-order valence-corrected chi connectivity index (χ3v) is 5.41. The van der Waals surface area contributed by atoms with E-state index in [1.54, 1.807) is 6.26 Å². The van der Waals surface area contributed by atoms with Crippen molar-refractivity contribution < 1.29 is 9.21 Å². The molecule has 1 aromatic carbocycles. The molecular weight excluding hydrogens is 394 g/mol. The molecule has 26 heavy (non-hydrogen) atoms. The summed E-state index contributed by atoms with van der Waals surface area (Å²) in [5.74, 6) is 0.910. The van der Waals surface area contributed by atoms with Gasteiger partial charge >= 0.3 is 6.03 Å².